The van der Waals surface area contributed by atoms with Gasteiger partial charge in [0.2, 0.25) is 0 Å². The van der Waals surface area contributed by atoms with Crippen LogP contribution in [0.2, 0.25) is 0 Å². The maximum Gasteiger partial charge on any atom is 0.251 e. The summed E-state index contributed by atoms with van der Waals surface area (Å²) in [5.41, 5.74) is 5.76. The lowest BCUT2D eigenvalue weighted by atomic mass is 9.91. The number of aryl methyl sites for hydroxylation is 1. The number of fused-ring (bicyclic) bond motifs is 1. The van der Waals surface area contributed by atoms with Crippen LogP contribution in [0.25, 0.3) is 16.5 Å². The monoisotopic (exact) mass is 395 g/mol. The van der Waals surface area contributed by atoms with E-state index >= 15 is 0 Å². The van der Waals surface area contributed by atoms with Crippen LogP contribution in [-0.2, 0) is 7.05 Å². The van der Waals surface area contributed by atoms with Gasteiger partial charge in [-0.1, -0.05) is 54.6 Å². The minimum Gasteiger partial charge on any atom is -0.350 e. The summed E-state index contributed by atoms with van der Waals surface area (Å²) in [6, 6.07) is 19.0. The molecule has 0 saturated heterocycles. The molecule has 1 aliphatic heterocycles. The third kappa shape index (κ3) is 3.28. The molecule has 5 rings (SSSR count). The first-order valence-electron chi connectivity index (χ1n) is 10.5. The molecule has 1 unspecified atom stereocenters. The van der Waals surface area contributed by atoms with E-state index in [0.29, 0.717) is 0 Å². The molecule has 30 heavy (non-hydrogen) atoms. The maximum absolute atomic E-state index is 12.6. The van der Waals surface area contributed by atoms with Crippen LogP contribution in [0.4, 0.5) is 0 Å². The van der Waals surface area contributed by atoms with E-state index < -0.39 is 0 Å². The number of pyridine rings is 1. The predicted molar refractivity (Wildman–Crippen MR) is 124 cm³/mol. The van der Waals surface area contributed by atoms with Gasteiger partial charge in [0.25, 0.3) is 5.56 Å². The van der Waals surface area contributed by atoms with Crippen molar-refractivity contribution in [2.45, 2.75) is 18.9 Å². The molecule has 1 aliphatic carbocycles. The van der Waals surface area contributed by atoms with Crippen LogP contribution >= 0.6 is 0 Å². The van der Waals surface area contributed by atoms with Gasteiger partial charge in [-0.15, -0.1) is 0 Å². The van der Waals surface area contributed by atoms with Crippen molar-refractivity contribution in [3.63, 3.8) is 0 Å². The molecule has 1 aromatic heterocycles. The minimum atomic E-state index is 0.0342. The molecule has 1 atom stereocenters. The Kier molecular flexibility index (Phi) is 4.83. The molecular weight excluding hydrogens is 370 g/mol. The second-order valence-electron chi connectivity index (χ2n) is 7.96. The third-order valence-electron chi connectivity index (χ3n) is 6.11. The van der Waals surface area contributed by atoms with Crippen LogP contribution in [0.1, 0.15) is 35.6 Å². The van der Waals surface area contributed by atoms with Crippen LogP contribution in [0.3, 0.4) is 0 Å². The molecule has 2 aromatic carbocycles. The van der Waals surface area contributed by atoms with Crippen LogP contribution in [0, 0.1) is 0 Å². The molecule has 0 radical (unpaired) electrons. The Labute approximate surface area is 176 Å². The van der Waals surface area contributed by atoms with E-state index in [1.54, 1.807) is 10.6 Å². The van der Waals surface area contributed by atoms with Gasteiger partial charge in [0.1, 0.15) is 0 Å². The van der Waals surface area contributed by atoms with Gasteiger partial charge in [0.15, 0.2) is 0 Å². The number of nitrogens with zero attached hydrogens (tertiary/aromatic N) is 3. The summed E-state index contributed by atoms with van der Waals surface area (Å²) in [6.45, 7) is 1.74. The largest absolute Gasteiger partial charge is 0.350 e. The molecule has 0 bridgehead atoms. The van der Waals surface area contributed by atoms with E-state index in [1.807, 2.05) is 13.4 Å². The predicted octanol–water partition coefficient (Wildman–Crippen LogP) is 4.71. The van der Waals surface area contributed by atoms with Gasteiger partial charge in [-0.25, -0.2) is 0 Å². The Morgan fingerprint density at radius 3 is 2.63 bits per heavy atom. The Morgan fingerprint density at radius 1 is 1.03 bits per heavy atom. The average molecular weight is 396 g/mol. The molecule has 0 fully saturated rings. The molecule has 0 amide bonds. The summed E-state index contributed by atoms with van der Waals surface area (Å²) < 4.78 is 1.75. The van der Waals surface area contributed by atoms with E-state index in [2.05, 4.69) is 76.7 Å². The van der Waals surface area contributed by atoms with Crippen molar-refractivity contribution < 1.29 is 0 Å². The van der Waals surface area contributed by atoms with E-state index in [9.17, 15) is 4.79 Å². The van der Waals surface area contributed by atoms with E-state index in [1.165, 1.54) is 16.7 Å². The molecule has 150 valence electrons. The SMILES string of the molecule is Cn1c(=O)cc(C2=CC=CCC2)c2cc(C(c3ccccc3)N3C=NCC3)ccc21. The Hall–Kier alpha value is -3.40. The first-order chi connectivity index (χ1) is 14.7. The Bertz CT molecular complexity index is 1230. The van der Waals surface area contributed by atoms with Crippen LogP contribution < -0.4 is 5.56 Å². The van der Waals surface area contributed by atoms with Crippen LogP contribution in [-0.4, -0.2) is 28.9 Å². The molecule has 0 spiro atoms. The van der Waals surface area contributed by atoms with Crippen molar-refractivity contribution in [2.75, 3.05) is 13.1 Å². The summed E-state index contributed by atoms with van der Waals surface area (Å²) >= 11 is 0. The number of aromatic nitrogens is 1. The van der Waals surface area contributed by atoms with Crippen LogP contribution in [0.5, 0.6) is 0 Å². The van der Waals surface area contributed by atoms with Crippen molar-refractivity contribution in [3.8, 4) is 0 Å². The van der Waals surface area contributed by atoms with E-state index in [0.717, 1.165) is 42.4 Å². The molecule has 0 N–H and O–H groups in total. The van der Waals surface area contributed by atoms with E-state index in [-0.39, 0.29) is 11.6 Å². The number of aliphatic imine (C=N–C) groups is 1. The lowest BCUT2D eigenvalue weighted by Crippen LogP contribution is -2.27. The van der Waals surface area contributed by atoms with Crippen LogP contribution in [0.15, 0.2) is 82.6 Å². The first kappa shape index (κ1) is 18.6. The molecular formula is C26H25N3O. The van der Waals surface area contributed by atoms with Crippen molar-refractivity contribution in [3.05, 3.63) is 99.9 Å². The summed E-state index contributed by atoms with van der Waals surface area (Å²) in [5.74, 6) is 0. The lowest BCUT2D eigenvalue weighted by Gasteiger charge is -2.28. The molecule has 3 aromatic rings. The number of rotatable bonds is 4. The zero-order chi connectivity index (χ0) is 20.5. The number of benzene rings is 2. The van der Waals surface area contributed by atoms with Gasteiger partial charge in [0.05, 0.1) is 24.4 Å². The average Bonchev–Trinajstić information content (AvgIpc) is 3.32. The van der Waals surface area contributed by atoms with Gasteiger partial charge in [-0.3, -0.25) is 9.79 Å². The smallest absolute Gasteiger partial charge is 0.251 e. The number of hydrogen-bond acceptors (Lipinski definition) is 3. The van der Waals surface area contributed by atoms with Crippen molar-refractivity contribution in [1.82, 2.24) is 9.47 Å². The fraction of sp³-hybridized carbons (Fsp3) is 0.231. The van der Waals surface area contributed by atoms with Gasteiger partial charge < -0.3 is 9.47 Å². The third-order valence-corrected chi connectivity index (χ3v) is 6.11. The maximum atomic E-state index is 12.6. The van der Waals surface area contributed by atoms with Gasteiger partial charge >= 0.3 is 0 Å². The van der Waals surface area contributed by atoms with Gasteiger partial charge in [-0.05, 0) is 47.2 Å². The summed E-state index contributed by atoms with van der Waals surface area (Å²) in [4.78, 5) is 19.4. The van der Waals surface area contributed by atoms with Crippen molar-refractivity contribution >= 4 is 22.8 Å². The fourth-order valence-corrected chi connectivity index (χ4v) is 4.54. The topological polar surface area (TPSA) is 37.6 Å². The first-order valence-corrected chi connectivity index (χ1v) is 10.5. The minimum absolute atomic E-state index is 0.0342. The molecule has 2 aliphatic rings. The zero-order valence-electron chi connectivity index (χ0n) is 17.2. The quantitative estimate of drug-likeness (QED) is 0.642. The summed E-state index contributed by atoms with van der Waals surface area (Å²) in [6.07, 6.45) is 10.4. The highest BCUT2D eigenvalue weighted by atomic mass is 16.1. The van der Waals surface area contributed by atoms with E-state index in [4.69, 9.17) is 0 Å². The second-order valence-corrected chi connectivity index (χ2v) is 7.96. The highest BCUT2D eigenvalue weighted by Gasteiger charge is 2.23. The summed E-state index contributed by atoms with van der Waals surface area (Å²) in [5, 5.41) is 1.13. The Balaban J connectivity index is 1.72. The van der Waals surface area contributed by atoms with Gasteiger partial charge in [0, 0.05) is 25.0 Å². The normalized spacial score (nSPS) is 16.8. The molecule has 4 heteroatoms. The zero-order valence-corrected chi connectivity index (χ0v) is 17.2. The number of hydrogen-bond donors (Lipinski definition) is 0. The number of allylic oxidation sites excluding steroid dienone is 4. The lowest BCUT2D eigenvalue weighted by molar-refractivity contribution is 0.398. The summed E-state index contributed by atoms with van der Waals surface area (Å²) in [7, 11) is 1.85. The van der Waals surface area contributed by atoms with Crippen molar-refractivity contribution in [1.29, 1.82) is 0 Å². The molecule has 2 heterocycles. The molecule has 4 nitrogen and oxygen atoms in total. The second kappa shape index (κ2) is 7.79. The van der Waals surface area contributed by atoms with Gasteiger partial charge in [-0.2, -0.15) is 0 Å². The Morgan fingerprint density at radius 2 is 1.90 bits per heavy atom. The van der Waals surface area contributed by atoms with Crippen molar-refractivity contribution in [2.24, 2.45) is 12.0 Å². The molecule has 0 saturated carbocycles. The highest BCUT2D eigenvalue weighted by molar-refractivity contribution is 5.93. The fourth-order valence-electron chi connectivity index (χ4n) is 4.54. The standard InChI is InChI=1S/C26H25N3O/c1-28-24-13-12-21(26(29-15-14-27-18-29)20-10-6-3-7-11-20)16-23(24)22(17-25(28)30)19-8-4-2-5-9-19/h2-4,6-8,10-13,16-18,26H,5,9,14-15H2,1H3. The highest BCUT2D eigenvalue weighted by Crippen LogP contribution is 2.34.